The normalized spacial score (nSPS) is 23.3. The molecule has 0 radical (unpaired) electrons. The molecule has 1 aromatic rings. The monoisotopic (exact) mass is 345 g/mol. The summed E-state index contributed by atoms with van der Waals surface area (Å²) in [5, 5.41) is 8.34. The van der Waals surface area contributed by atoms with Crippen LogP contribution in [-0.4, -0.2) is 21.6 Å². The van der Waals surface area contributed by atoms with E-state index in [0.29, 0.717) is 18.4 Å². The Balaban J connectivity index is 1.83. The maximum absolute atomic E-state index is 12.9. The zero-order chi connectivity index (χ0) is 18.0. The number of nitrogens with one attached hydrogen (secondary N) is 1. The largest absolute Gasteiger partial charge is 0.367 e. The lowest BCUT2D eigenvalue weighted by Gasteiger charge is -2.42. The molecule has 1 aromatic heterocycles. The Hall–Kier alpha value is -1.32. The molecule has 0 aromatic carbocycles. The van der Waals surface area contributed by atoms with Crippen LogP contribution < -0.4 is 5.32 Å². The van der Waals surface area contributed by atoms with E-state index in [2.05, 4.69) is 42.8 Å². The van der Waals surface area contributed by atoms with Gasteiger partial charge in [0.1, 0.15) is 5.82 Å². The number of hydrogen-bond acceptors (Lipinski definition) is 3. The van der Waals surface area contributed by atoms with E-state index < -0.39 is 0 Å². The maximum Gasteiger partial charge on any atom is 0.168 e. The Labute approximate surface area is 152 Å². The number of nitrogens with zero attached hydrogens (tertiary/aromatic N) is 2. The minimum absolute atomic E-state index is 0.0316. The highest BCUT2D eigenvalue weighted by atomic mass is 16.1. The van der Waals surface area contributed by atoms with Crippen LogP contribution >= 0.6 is 0 Å². The SMILES string of the molecule is CCC(CC)CC(=O)c1cnn2c1NC(C1CCCCC1)CC2(C)C. The number of carbonyl (C=O) groups excluding carboxylic acids is 1. The number of rotatable bonds is 6. The predicted octanol–water partition coefficient (Wildman–Crippen LogP) is 5.39. The number of ketones is 1. The fraction of sp³-hybridized carbons (Fsp3) is 0.810. The highest BCUT2D eigenvalue weighted by molar-refractivity contribution is 6.00. The van der Waals surface area contributed by atoms with E-state index in [1.807, 2.05) is 0 Å². The lowest BCUT2D eigenvalue weighted by molar-refractivity contribution is 0.0959. The van der Waals surface area contributed by atoms with Crippen LogP contribution in [-0.2, 0) is 5.54 Å². The minimum atomic E-state index is -0.0316. The molecule has 2 aliphatic rings. The Bertz CT molecular complexity index is 594. The molecule has 1 atom stereocenters. The number of anilines is 1. The molecule has 140 valence electrons. The van der Waals surface area contributed by atoms with Gasteiger partial charge in [0, 0.05) is 12.5 Å². The average Bonchev–Trinajstić information content (AvgIpc) is 3.05. The molecule has 1 aliphatic carbocycles. The summed E-state index contributed by atoms with van der Waals surface area (Å²) in [5.74, 6) is 2.44. The number of hydrogen-bond donors (Lipinski definition) is 1. The van der Waals surface area contributed by atoms with Gasteiger partial charge < -0.3 is 5.32 Å². The van der Waals surface area contributed by atoms with Gasteiger partial charge in [0.2, 0.25) is 0 Å². The Morgan fingerprint density at radius 1 is 1.28 bits per heavy atom. The number of aromatic nitrogens is 2. The highest BCUT2D eigenvalue weighted by Crippen LogP contribution is 2.40. The third-order valence-electron chi connectivity index (χ3n) is 6.53. The zero-order valence-corrected chi connectivity index (χ0v) is 16.5. The molecule has 1 fully saturated rings. The van der Waals surface area contributed by atoms with Gasteiger partial charge in [-0.2, -0.15) is 5.10 Å². The molecule has 0 saturated heterocycles. The Morgan fingerprint density at radius 3 is 2.60 bits per heavy atom. The molecule has 1 saturated carbocycles. The van der Waals surface area contributed by atoms with Gasteiger partial charge in [0.25, 0.3) is 0 Å². The van der Waals surface area contributed by atoms with E-state index in [9.17, 15) is 4.79 Å². The number of carbonyl (C=O) groups is 1. The van der Waals surface area contributed by atoms with Crippen LogP contribution in [0.15, 0.2) is 6.20 Å². The summed E-state index contributed by atoms with van der Waals surface area (Å²) in [7, 11) is 0. The van der Waals surface area contributed by atoms with E-state index in [1.165, 1.54) is 32.1 Å². The van der Waals surface area contributed by atoms with Crippen molar-refractivity contribution in [2.45, 2.75) is 97.1 Å². The minimum Gasteiger partial charge on any atom is -0.367 e. The lowest BCUT2D eigenvalue weighted by Crippen LogP contribution is -2.45. The second-order valence-electron chi connectivity index (χ2n) is 8.79. The summed E-state index contributed by atoms with van der Waals surface area (Å²) in [5.41, 5.74) is 0.774. The van der Waals surface area contributed by atoms with Crippen molar-refractivity contribution in [1.82, 2.24) is 9.78 Å². The van der Waals surface area contributed by atoms with Gasteiger partial charge in [-0.25, -0.2) is 4.68 Å². The molecule has 1 unspecified atom stereocenters. The lowest BCUT2D eigenvalue weighted by atomic mass is 9.78. The van der Waals surface area contributed by atoms with E-state index in [-0.39, 0.29) is 11.3 Å². The van der Waals surface area contributed by atoms with Crippen molar-refractivity contribution in [3.05, 3.63) is 11.8 Å². The first-order valence-electron chi connectivity index (χ1n) is 10.3. The second kappa shape index (κ2) is 7.51. The fourth-order valence-electron chi connectivity index (χ4n) is 4.77. The zero-order valence-electron chi connectivity index (χ0n) is 16.5. The van der Waals surface area contributed by atoms with Crippen molar-refractivity contribution in [3.8, 4) is 0 Å². The molecular formula is C21H35N3O. The molecule has 1 aliphatic heterocycles. The average molecular weight is 346 g/mol. The maximum atomic E-state index is 12.9. The molecule has 4 heteroatoms. The second-order valence-corrected chi connectivity index (χ2v) is 8.79. The van der Waals surface area contributed by atoms with Crippen LogP contribution in [0.25, 0.3) is 0 Å². The van der Waals surface area contributed by atoms with E-state index in [4.69, 9.17) is 0 Å². The summed E-state index contributed by atoms with van der Waals surface area (Å²) >= 11 is 0. The Morgan fingerprint density at radius 2 is 1.96 bits per heavy atom. The van der Waals surface area contributed by atoms with Gasteiger partial charge in [-0.15, -0.1) is 0 Å². The smallest absolute Gasteiger partial charge is 0.168 e. The molecule has 1 N–H and O–H groups in total. The summed E-state index contributed by atoms with van der Waals surface area (Å²) in [6, 6.07) is 0.471. The summed E-state index contributed by atoms with van der Waals surface area (Å²) < 4.78 is 2.06. The molecule has 4 nitrogen and oxygen atoms in total. The highest BCUT2D eigenvalue weighted by Gasteiger charge is 2.39. The molecule has 0 amide bonds. The quantitative estimate of drug-likeness (QED) is 0.703. The first-order valence-corrected chi connectivity index (χ1v) is 10.3. The van der Waals surface area contributed by atoms with Gasteiger partial charge in [-0.1, -0.05) is 46.0 Å². The van der Waals surface area contributed by atoms with Crippen molar-refractivity contribution in [2.75, 3.05) is 5.32 Å². The molecule has 3 rings (SSSR count). The summed E-state index contributed by atoms with van der Waals surface area (Å²) in [4.78, 5) is 12.9. The van der Waals surface area contributed by atoms with Crippen LogP contribution in [0.2, 0.25) is 0 Å². The van der Waals surface area contributed by atoms with E-state index >= 15 is 0 Å². The third-order valence-corrected chi connectivity index (χ3v) is 6.53. The third kappa shape index (κ3) is 3.78. The predicted molar refractivity (Wildman–Crippen MR) is 103 cm³/mol. The number of fused-ring (bicyclic) bond motifs is 1. The van der Waals surface area contributed by atoms with E-state index in [0.717, 1.165) is 36.6 Å². The van der Waals surface area contributed by atoms with Gasteiger partial charge in [0.15, 0.2) is 5.78 Å². The summed E-state index contributed by atoms with van der Waals surface area (Å²) in [6.45, 7) is 8.87. The Kier molecular flexibility index (Phi) is 5.55. The van der Waals surface area contributed by atoms with Gasteiger partial charge >= 0.3 is 0 Å². The van der Waals surface area contributed by atoms with Gasteiger partial charge in [0.05, 0.1) is 17.3 Å². The van der Waals surface area contributed by atoms with Crippen LogP contribution in [0.3, 0.4) is 0 Å². The van der Waals surface area contributed by atoms with Crippen LogP contribution in [0, 0.1) is 11.8 Å². The molecule has 25 heavy (non-hydrogen) atoms. The van der Waals surface area contributed by atoms with Crippen molar-refractivity contribution in [2.24, 2.45) is 11.8 Å². The van der Waals surface area contributed by atoms with Crippen molar-refractivity contribution in [3.63, 3.8) is 0 Å². The first kappa shape index (κ1) is 18.5. The van der Waals surface area contributed by atoms with Crippen molar-refractivity contribution >= 4 is 11.6 Å². The number of Topliss-reactive ketones (excluding diaryl/α,β-unsaturated/α-hetero) is 1. The topological polar surface area (TPSA) is 46.9 Å². The van der Waals surface area contributed by atoms with Gasteiger partial charge in [-0.3, -0.25) is 4.79 Å². The fourth-order valence-corrected chi connectivity index (χ4v) is 4.77. The van der Waals surface area contributed by atoms with Crippen LogP contribution in [0.1, 0.15) is 95.8 Å². The van der Waals surface area contributed by atoms with Crippen LogP contribution in [0.5, 0.6) is 0 Å². The molecular weight excluding hydrogens is 310 g/mol. The molecule has 0 spiro atoms. The van der Waals surface area contributed by atoms with Crippen LogP contribution in [0.4, 0.5) is 5.82 Å². The van der Waals surface area contributed by atoms with Crippen molar-refractivity contribution < 1.29 is 4.79 Å². The molecule has 0 bridgehead atoms. The first-order chi connectivity index (χ1) is 12.0. The van der Waals surface area contributed by atoms with Crippen molar-refractivity contribution in [1.29, 1.82) is 0 Å². The van der Waals surface area contributed by atoms with E-state index in [1.54, 1.807) is 6.20 Å². The standard InChI is InChI=1S/C21H35N3O/c1-5-15(6-2)12-19(25)17-14-22-24-20(17)23-18(13-21(24,3)4)16-10-8-7-9-11-16/h14-16,18,23H,5-13H2,1-4H3. The molecule has 2 heterocycles. The van der Waals surface area contributed by atoms with Gasteiger partial charge in [-0.05, 0) is 44.9 Å². The summed E-state index contributed by atoms with van der Waals surface area (Å²) in [6.07, 6.45) is 12.4.